The highest BCUT2D eigenvalue weighted by atomic mass is 32.2. The smallest absolute Gasteiger partial charge is 0.0162 e. The zero-order valence-corrected chi connectivity index (χ0v) is 9.24. The second kappa shape index (κ2) is 4.22. The van der Waals surface area contributed by atoms with Gasteiger partial charge in [-0.1, -0.05) is 12.8 Å². The van der Waals surface area contributed by atoms with Gasteiger partial charge in [0.2, 0.25) is 0 Å². The summed E-state index contributed by atoms with van der Waals surface area (Å²) in [6.07, 6.45) is 10.1. The summed E-state index contributed by atoms with van der Waals surface area (Å²) in [7, 11) is 0. The lowest BCUT2D eigenvalue weighted by atomic mass is 9.88. The molecule has 0 aromatic rings. The summed E-state index contributed by atoms with van der Waals surface area (Å²) in [4.78, 5) is 0. The molecule has 1 spiro atoms. The molecule has 1 unspecified atom stereocenters. The number of rotatable bonds is 2. The van der Waals surface area contributed by atoms with Crippen LogP contribution in [0.2, 0.25) is 0 Å². The predicted octanol–water partition coefficient (Wildman–Crippen LogP) is 2.79. The average Bonchev–Trinajstić information content (AvgIpc) is 2.54. The Morgan fingerprint density at radius 3 is 2.77 bits per heavy atom. The van der Waals surface area contributed by atoms with E-state index in [1.165, 1.54) is 50.7 Å². The van der Waals surface area contributed by atoms with E-state index in [4.69, 9.17) is 5.73 Å². The zero-order valence-electron chi connectivity index (χ0n) is 8.43. The molecule has 0 bridgehead atoms. The van der Waals surface area contributed by atoms with Crippen molar-refractivity contribution in [2.24, 2.45) is 11.7 Å². The molecule has 1 aliphatic heterocycles. The Bertz CT molecular complexity index is 161. The molecule has 1 atom stereocenters. The van der Waals surface area contributed by atoms with Gasteiger partial charge in [-0.05, 0) is 50.3 Å². The molecule has 2 N–H and O–H groups in total. The van der Waals surface area contributed by atoms with E-state index in [1.54, 1.807) is 0 Å². The van der Waals surface area contributed by atoms with E-state index in [0.29, 0.717) is 4.75 Å². The molecule has 0 aromatic carbocycles. The minimum absolute atomic E-state index is 0.706. The summed E-state index contributed by atoms with van der Waals surface area (Å²) < 4.78 is 0.706. The Kier molecular flexibility index (Phi) is 3.20. The average molecular weight is 199 g/mol. The van der Waals surface area contributed by atoms with Crippen LogP contribution in [0.4, 0.5) is 0 Å². The first-order valence-corrected chi connectivity index (χ1v) is 6.67. The molecule has 2 rings (SSSR count). The lowest BCUT2D eigenvalue weighted by Crippen LogP contribution is -2.30. The Hall–Kier alpha value is 0.310. The molecule has 1 aliphatic carbocycles. The van der Waals surface area contributed by atoms with Crippen molar-refractivity contribution in [1.29, 1.82) is 0 Å². The summed E-state index contributed by atoms with van der Waals surface area (Å²) in [6, 6.07) is 0. The van der Waals surface area contributed by atoms with Crippen LogP contribution in [0.25, 0.3) is 0 Å². The van der Waals surface area contributed by atoms with Crippen LogP contribution in [-0.2, 0) is 0 Å². The second-order valence-corrected chi connectivity index (χ2v) is 6.24. The zero-order chi connectivity index (χ0) is 9.15. The third-order valence-electron chi connectivity index (χ3n) is 3.68. The normalized spacial score (nSPS) is 32.5. The first kappa shape index (κ1) is 9.85. The fraction of sp³-hybridized carbons (Fsp3) is 1.00. The highest BCUT2D eigenvalue weighted by Crippen LogP contribution is 2.50. The van der Waals surface area contributed by atoms with E-state index in [1.807, 2.05) is 0 Å². The van der Waals surface area contributed by atoms with Crippen LogP contribution in [0.5, 0.6) is 0 Å². The van der Waals surface area contributed by atoms with Crippen molar-refractivity contribution in [3.63, 3.8) is 0 Å². The van der Waals surface area contributed by atoms with E-state index in [-0.39, 0.29) is 0 Å². The monoisotopic (exact) mass is 199 g/mol. The van der Waals surface area contributed by atoms with E-state index in [2.05, 4.69) is 11.8 Å². The fourth-order valence-electron chi connectivity index (χ4n) is 2.98. The molecule has 2 heteroatoms. The molecule has 2 fully saturated rings. The fourth-order valence-corrected chi connectivity index (χ4v) is 4.79. The van der Waals surface area contributed by atoms with Crippen LogP contribution in [-0.4, -0.2) is 17.0 Å². The van der Waals surface area contributed by atoms with Crippen molar-refractivity contribution in [3.05, 3.63) is 0 Å². The molecule has 0 radical (unpaired) electrons. The van der Waals surface area contributed by atoms with Crippen LogP contribution < -0.4 is 5.73 Å². The summed E-state index contributed by atoms with van der Waals surface area (Å²) in [5, 5.41) is 0. The lowest BCUT2D eigenvalue weighted by Gasteiger charge is -2.37. The van der Waals surface area contributed by atoms with Crippen LogP contribution in [0.1, 0.15) is 44.9 Å². The lowest BCUT2D eigenvalue weighted by molar-refractivity contribution is 0.365. The van der Waals surface area contributed by atoms with Gasteiger partial charge >= 0.3 is 0 Å². The van der Waals surface area contributed by atoms with Gasteiger partial charge in [0.15, 0.2) is 0 Å². The Morgan fingerprint density at radius 1 is 1.31 bits per heavy atom. The van der Waals surface area contributed by atoms with E-state index in [9.17, 15) is 0 Å². The summed E-state index contributed by atoms with van der Waals surface area (Å²) in [5.74, 6) is 2.34. The van der Waals surface area contributed by atoms with Crippen molar-refractivity contribution in [2.45, 2.75) is 49.7 Å². The van der Waals surface area contributed by atoms with Crippen LogP contribution >= 0.6 is 11.8 Å². The van der Waals surface area contributed by atoms with Gasteiger partial charge in [0, 0.05) is 4.75 Å². The van der Waals surface area contributed by atoms with Gasteiger partial charge in [0.25, 0.3) is 0 Å². The third-order valence-corrected chi connectivity index (χ3v) is 5.31. The number of thioether (sulfide) groups is 1. The molecule has 13 heavy (non-hydrogen) atoms. The largest absolute Gasteiger partial charge is 0.330 e. The number of nitrogens with two attached hydrogens (primary N) is 1. The van der Waals surface area contributed by atoms with Crippen molar-refractivity contribution in [3.8, 4) is 0 Å². The predicted molar refractivity (Wildman–Crippen MR) is 60.1 cm³/mol. The van der Waals surface area contributed by atoms with Gasteiger partial charge < -0.3 is 5.73 Å². The molecule has 1 saturated carbocycles. The Labute approximate surface area is 85.8 Å². The van der Waals surface area contributed by atoms with Crippen LogP contribution in [0.3, 0.4) is 0 Å². The molecular formula is C11H21NS. The first-order chi connectivity index (χ1) is 6.35. The molecule has 1 saturated heterocycles. The van der Waals surface area contributed by atoms with Crippen molar-refractivity contribution in [1.82, 2.24) is 0 Å². The molecule has 1 heterocycles. The van der Waals surface area contributed by atoms with Crippen molar-refractivity contribution >= 4 is 11.8 Å². The second-order valence-electron chi connectivity index (χ2n) is 4.67. The van der Waals surface area contributed by atoms with E-state index >= 15 is 0 Å². The third kappa shape index (κ3) is 2.21. The number of hydrogen-bond acceptors (Lipinski definition) is 2. The quantitative estimate of drug-likeness (QED) is 0.740. The van der Waals surface area contributed by atoms with Gasteiger partial charge in [-0.2, -0.15) is 11.8 Å². The Morgan fingerprint density at radius 2 is 2.08 bits per heavy atom. The minimum atomic E-state index is 0.706. The highest BCUT2D eigenvalue weighted by molar-refractivity contribution is 8.00. The topological polar surface area (TPSA) is 26.0 Å². The van der Waals surface area contributed by atoms with Gasteiger partial charge in [0.1, 0.15) is 0 Å². The van der Waals surface area contributed by atoms with Crippen LogP contribution in [0.15, 0.2) is 0 Å². The van der Waals surface area contributed by atoms with Gasteiger partial charge in [-0.15, -0.1) is 0 Å². The molecule has 1 nitrogen and oxygen atoms in total. The molecule has 2 aliphatic rings. The maximum atomic E-state index is 5.64. The maximum absolute atomic E-state index is 5.64. The standard InChI is InChI=1S/C11H21NS/c12-7-3-10-4-8-13-11(9-10)5-1-2-6-11/h10H,1-9,12H2. The molecule has 76 valence electrons. The first-order valence-electron chi connectivity index (χ1n) is 5.69. The Balaban J connectivity index is 1.90. The maximum Gasteiger partial charge on any atom is 0.0162 e. The molecule has 0 aromatic heterocycles. The van der Waals surface area contributed by atoms with Crippen molar-refractivity contribution < 1.29 is 0 Å². The number of hydrogen-bond donors (Lipinski definition) is 1. The summed E-state index contributed by atoms with van der Waals surface area (Å²) in [5.41, 5.74) is 5.64. The summed E-state index contributed by atoms with van der Waals surface area (Å²) >= 11 is 2.26. The van der Waals surface area contributed by atoms with E-state index < -0.39 is 0 Å². The molecule has 0 amide bonds. The summed E-state index contributed by atoms with van der Waals surface area (Å²) in [6.45, 7) is 0.894. The highest BCUT2D eigenvalue weighted by Gasteiger charge is 2.38. The van der Waals surface area contributed by atoms with Crippen molar-refractivity contribution in [2.75, 3.05) is 12.3 Å². The molecular weight excluding hydrogens is 178 g/mol. The van der Waals surface area contributed by atoms with Gasteiger partial charge in [0.05, 0.1) is 0 Å². The van der Waals surface area contributed by atoms with E-state index in [0.717, 1.165) is 12.5 Å². The van der Waals surface area contributed by atoms with Crippen LogP contribution in [0, 0.1) is 5.92 Å². The van der Waals surface area contributed by atoms with Gasteiger partial charge in [-0.25, -0.2) is 0 Å². The van der Waals surface area contributed by atoms with Gasteiger partial charge in [-0.3, -0.25) is 0 Å². The minimum Gasteiger partial charge on any atom is -0.330 e. The SMILES string of the molecule is NCCC1CCSC2(CCCC2)C1.